The van der Waals surface area contributed by atoms with Crippen LogP contribution in [0.2, 0.25) is 0 Å². The van der Waals surface area contributed by atoms with Crippen LogP contribution in [0.15, 0.2) is 28.9 Å². The van der Waals surface area contributed by atoms with Gasteiger partial charge >= 0.3 is 5.97 Å². The molecular formula is C17H23NO4. The summed E-state index contributed by atoms with van der Waals surface area (Å²) in [6.07, 6.45) is 12.4. The molecule has 1 aromatic heterocycles. The molecule has 1 amide bonds. The molecule has 1 aromatic rings. The Hall–Kier alpha value is -2.04. The lowest BCUT2D eigenvalue weighted by molar-refractivity contribution is -0.144. The minimum atomic E-state index is -0.552. The summed E-state index contributed by atoms with van der Waals surface area (Å²) in [6.45, 7) is -0.238. The van der Waals surface area contributed by atoms with Crippen molar-refractivity contribution in [2.75, 3.05) is 6.61 Å². The van der Waals surface area contributed by atoms with Crippen LogP contribution in [0.4, 0.5) is 0 Å². The summed E-state index contributed by atoms with van der Waals surface area (Å²) in [5.41, 5.74) is 0. The Bertz CT molecular complexity index is 485. The Kier molecular flexibility index (Phi) is 6.74. The molecule has 5 nitrogen and oxygen atoms in total. The maximum atomic E-state index is 11.8. The molecule has 1 saturated carbocycles. The first kappa shape index (κ1) is 16.3. The lowest BCUT2D eigenvalue weighted by Gasteiger charge is -2.20. The molecule has 1 heterocycles. The topological polar surface area (TPSA) is 68.5 Å². The lowest BCUT2D eigenvalue weighted by atomic mass is 9.97. The number of carbonyl (C=O) groups is 2. The van der Waals surface area contributed by atoms with Crippen molar-refractivity contribution in [1.82, 2.24) is 5.32 Å². The van der Waals surface area contributed by atoms with Crippen molar-refractivity contribution in [3.8, 4) is 0 Å². The molecule has 0 radical (unpaired) electrons. The molecular weight excluding hydrogens is 282 g/mol. The third kappa shape index (κ3) is 6.16. The number of hydrogen-bond donors (Lipinski definition) is 1. The van der Waals surface area contributed by atoms with Gasteiger partial charge in [-0.05, 0) is 31.1 Å². The Morgan fingerprint density at radius 3 is 2.64 bits per heavy atom. The average molecular weight is 305 g/mol. The van der Waals surface area contributed by atoms with Gasteiger partial charge in [0.15, 0.2) is 6.61 Å². The van der Waals surface area contributed by atoms with Crippen LogP contribution in [0.25, 0.3) is 6.08 Å². The standard InChI is InChI=1S/C17H23NO4/c19-16(18-14-7-4-2-1-3-5-8-14)13-22-17(20)11-10-15-9-6-12-21-15/h6,9-12,14H,1-5,7-8,13H2,(H,18,19). The van der Waals surface area contributed by atoms with E-state index in [1.807, 2.05) is 0 Å². The van der Waals surface area contributed by atoms with Crippen LogP contribution in [0, 0.1) is 0 Å². The zero-order valence-corrected chi connectivity index (χ0v) is 12.8. The van der Waals surface area contributed by atoms with E-state index in [-0.39, 0.29) is 18.6 Å². The van der Waals surface area contributed by atoms with E-state index in [4.69, 9.17) is 9.15 Å². The predicted molar refractivity (Wildman–Crippen MR) is 83.0 cm³/mol. The van der Waals surface area contributed by atoms with Crippen molar-refractivity contribution in [3.63, 3.8) is 0 Å². The second kappa shape index (κ2) is 9.07. The lowest BCUT2D eigenvalue weighted by Crippen LogP contribution is -2.37. The maximum absolute atomic E-state index is 11.8. The van der Waals surface area contributed by atoms with Crippen LogP contribution in [-0.2, 0) is 14.3 Å². The van der Waals surface area contributed by atoms with Gasteiger partial charge in [0.25, 0.3) is 5.91 Å². The van der Waals surface area contributed by atoms with Crippen molar-refractivity contribution >= 4 is 18.0 Å². The molecule has 0 saturated heterocycles. The molecule has 0 spiro atoms. The second-order valence-electron chi connectivity index (χ2n) is 5.57. The molecule has 22 heavy (non-hydrogen) atoms. The van der Waals surface area contributed by atoms with E-state index in [0.717, 1.165) is 25.7 Å². The van der Waals surface area contributed by atoms with Gasteiger partial charge in [0.1, 0.15) is 5.76 Å². The second-order valence-corrected chi connectivity index (χ2v) is 5.57. The summed E-state index contributed by atoms with van der Waals surface area (Å²) >= 11 is 0. The zero-order valence-electron chi connectivity index (χ0n) is 12.8. The summed E-state index contributed by atoms with van der Waals surface area (Å²) in [5, 5.41) is 2.95. The average Bonchev–Trinajstić information content (AvgIpc) is 2.99. The number of furan rings is 1. The van der Waals surface area contributed by atoms with Crippen LogP contribution >= 0.6 is 0 Å². The van der Waals surface area contributed by atoms with Gasteiger partial charge in [0, 0.05) is 12.1 Å². The molecule has 2 rings (SSSR count). The highest BCUT2D eigenvalue weighted by molar-refractivity contribution is 5.88. The van der Waals surface area contributed by atoms with Crippen LogP contribution in [0.5, 0.6) is 0 Å². The third-order valence-corrected chi connectivity index (χ3v) is 3.74. The number of rotatable bonds is 5. The van der Waals surface area contributed by atoms with Crippen molar-refractivity contribution < 1.29 is 18.7 Å². The van der Waals surface area contributed by atoms with E-state index in [1.165, 1.54) is 37.7 Å². The van der Waals surface area contributed by atoms with Crippen LogP contribution in [0.3, 0.4) is 0 Å². The molecule has 5 heteroatoms. The smallest absolute Gasteiger partial charge is 0.331 e. The highest BCUT2D eigenvalue weighted by Gasteiger charge is 2.14. The fourth-order valence-corrected chi connectivity index (χ4v) is 2.59. The van der Waals surface area contributed by atoms with Gasteiger partial charge < -0.3 is 14.5 Å². The highest BCUT2D eigenvalue weighted by atomic mass is 16.5. The molecule has 0 aromatic carbocycles. The quantitative estimate of drug-likeness (QED) is 0.670. The molecule has 0 aliphatic heterocycles. The number of carbonyl (C=O) groups excluding carboxylic acids is 2. The largest absolute Gasteiger partial charge is 0.465 e. The first-order valence-electron chi connectivity index (χ1n) is 7.92. The number of hydrogen-bond acceptors (Lipinski definition) is 4. The number of nitrogens with one attached hydrogen (secondary N) is 1. The van der Waals surface area contributed by atoms with Crippen molar-refractivity contribution in [2.45, 2.75) is 51.0 Å². The van der Waals surface area contributed by atoms with Gasteiger partial charge in [-0.25, -0.2) is 4.79 Å². The van der Waals surface area contributed by atoms with Gasteiger partial charge in [0.2, 0.25) is 0 Å². The van der Waals surface area contributed by atoms with E-state index in [1.54, 1.807) is 12.1 Å². The molecule has 0 bridgehead atoms. The fraction of sp³-hybridized carbons (Fsp3) is 0.529. The molecule has 1 N–H and O–H groups in total. The van der Waals surface area contributed by atoms with E-state index in [9.17, 15) is 9.59 Å². The Morgan fingerprint density at radius 1 is 1.23 bits per heavy atom. The summed E-state index contributed by atoms with van der Waals surface area (Å²) < 4.78 is 9.98. The van der Waals surface area contributed by atoms with Crippen molar-refractivity contribution in [2.24, 2.45) is 0 Å². The molecule has 120 valence electrons. The monoisotopic (exact) mass is 305 g/mol. The fourth-order valence-electron chi connectivity index (χ4n) is 2.59. The molecule has 1 fully saturated rings. The molecule has 0 unspecified atom stereocenters. The van der Waals surface area contributed by atoms with E-state index in [0.29, 0.717) is 5.76 Å². The summed E-state index contributed by atoms with van der Waals surface area (Å²) in [6, 6.07) is 3.67. The van der Waals surface area contributed by atoms with Gasteiger partial charge in [-0.1, -0.05) is 32.1 Å². The summed E-state index contributed by atoms with van der Waals surface area (Å²) in [4.78, 5) is 23.3. The van der Waals surface area contributed by atoms with Gasteiger partial charge in [0.05, 0.1) is 6.26 Å². The van der Waals surface area contributed by atoms with Gasteiger partial charge in [-0.2, -0.15) is 0 Å². The van der Waals surface area contributed by atoms with Crippen LogP contribution in [-0.4, -0.2) is 24.5 Å². The number of ether oxygens (including phenoxy) is 1. The summed E-state index contributed by atoms with van der Waals surface area (Å²) in [7, 11) is 0. The molecule has 1 aliphatic carbocycles. The minimum absolute atomic E-state index is 0.213. The molecule has 1 aliphatic rings. The number of amides is 1. The van der Waals surface area contributed by atoms with Crippen LogP contribution < -0.4 is 5.32 Å². The van der Waals surface area contributed by atoms with E-state index >= 15 is 0 Å². The van der Waals surface area contributed by atoms with E-state index < -0.39 is 5.97 Å². The van der Waals surface area contributed by atoms with Crippen molar-refractivity contribution in [3.05, 3.63) is 30.2 Å². The first-order valence-corrected chi connectivity index (χ1v) is 7.92. The highest BCUT2D eigenvalue weighted by Crippen LogP contribution is 2.16. The number of esters is 1. The van der Waals surface area contributed by atoms with Crippen molar-refractivity contribution in [1.29, 1.82) is 0 Å². The Morgan fingerprint density at radius 2 is 1.95 bits per heavy atom. The normalized spacial score (nSPS) is 16.9. The SMILES string of the molecule is O=C(COC(=O)C=Cc1ccco1)NC1CCCCCCC1. The first-order chi connectivity index (χ1) is 10.7. The third-order valence-electron chi connectivity index (χ3n) is 3.74. The zero-order chi connectivity index (χ0) is 15.6. The Labute approximate surface area is 130 Å². The summed E-state index contributed by atoms with van der Waals surface area (Å²) in [5.74, 6) is -0.217. The van der Waals surface area contributed by atoms with Crippen LogP contribution in [0.1, 0.15) is 50.7 Å². The minimum Gasteiger partial charge on any atom is -0.465 e. The molecule has 0 atom stereocenters. The Balaban J connectivity index is 1.66. The van der Waals surface area contributed by atoms with Gasteiger partial charge in [-0.3, -0.25) is 4.79 Å². The van der Waals surface area contributed by atoms with E-state index in [2.05, 4.69) is 5.32 Å². The predicted octanol–water partition coefficient (Wildman–Crippen LogP) is 3.07. The maximum Gasteiger partial charge on any atom is 0.331 e. The van der Waals surface area contributed by atoms with Gasteiger partial charge in [-0.15, -0.1) is 0 Å².